The summed E-state index contributed by atoms with van der Waals surface area (Å²) < 4.78 is 0. The molecule has 0 atom stereocenters. The summed E-state index contributed by atoms with van der Waals surface area (Å²) in [6.45, 7) is 0. The van der Waals surface area contributed by atoms with E-state index in [1.807, 2.05) is 24.3 Å². The van der Waals surface area contributed by atoms with Crippen molar-refractivity contribution in [3.05, 3.63) is 39.7 Å². The van der Waals surface area contributed by atoms with Gasteiger partial charge in [0.05, 0.1) is 10.7 Å². The second-order valence-electron chi connectivity index (χ2n) is 3.11. The van der Waals surface area contributed by atoms with Crippen LogP contribution in [0.1, 0.15) is 5.01 Å². The fourth-order valence-electron chi connectivity index (χ4n) is 1.27. The zero-order valence-corrected chi connectivity index (χ0v) is 10.4. The van der Waals surface area contributed by atoms with Crippen molar-refractivity contribution in [2.24, 2.45) is 0 Å². The number of aromatic nitrogens is 1. The third-order valence-electron chi connectivity index (χ3n) is 2.02. The molecule has 0 unspecified atom stereocenters. The molecule has 0 saturated carbocycles. The molecule has 1 aromatic carbocycles. The Labute approximate surface area is 104 Å². The molecule has 0 aliphatic rings. The van der Waals surface area contributed by atoms with Crippen molar-refractivity contribution in [2.45, 2.75) is 6.42 Å². The first-order valence-electron chi connectivity index (χ1n) is 4.61. The number of thiazole rings is 1. The van der Waals surface area contributed by atoms with Crippen LogP contribution in [0.25, 0.3) is 11.3 Å². The highest BCUT2D eigenvalue weighted by molar-refractivity contribution is 7.80. The molecular formula is C11H10ClNS2. The van der Waals surface area contributed by atoms with Crippen molar-refractivity contribution in [1.29, 1.82) is 0 Å². The van der Waals surface area contributed by atoms with Crippen molar-refractivity contribution in [2.75, 3.05) is 5.75 Å². The smallest absolute Gasteiger partial charge is 0.0940 e. The van der Waals surface area contributed by atoms with Crippen molar-refractivity contribution < 1.29 is 0 Å². The zero-order valence-electron chi connectivity index (χ0n) is 7.98. The average Bonchev–Trinajstić information content (AvgIpc) is 2.68. The predicted octanol–water partition coefficient (Wildman–Crippen LogP) is 3.94. The molecule has 15 heavy (non-hydrogen) atoms. The van der Waals surface area contributed by atoms with Gasteiger partial charge in [0.1, 0.15) is 0 Å². The fraction of sp³-hybridized carbons (Fsp3) is 0.182. The maximum Gasteiger partial charge on any atom is 0.0940 e. The Morgan fingerprint density at radius 3 is 2.67 bits per heavy atom. The average molecular weight is 256 g/mol. The summed E-state index contributed by atoms with van der Waals surface area (Å²) in [5.74, 6) is 0.841. The topological polar surface area (TPSA) is 12.9 Å². The molecule has 0 aliphatic heterocycles. The Bertz CT molecular complexity index is 436. The summed E-state index contributed by atoms with van der Waals surface area (Å²) in [6, 6.07) is 7.74. The van der Waals surface area contributed by atoms with Gasteiger partial charge in [0.25, 0.3) is 0 Å². The van der Waals surface area contributed by atoms with Crippen LogP contribution in [0, 0.1) is 0 Å². The molecule has 0 aliphatic carbocycles. The standard InChI is InChI=1S/C11H10ClNS2/c12-9-3-1-8(2-4-9)10-7-15-11(13-10)5-6-14/h1-4,7,14H,5-6H2. The number of benzene rings is 1. The van der Waals surface area contributed by atoms with Gasteiger partial charge in [-0.25, -0.2) is 4.98 Å². The minimum atomic E-state index is 0.754. The van der Waals surface area contributed by atoms with E-state index in [4.69, 9.17) is 11.6 Å². The van der Waals surface area contributed by atoms with Crippen molar-refractivity contribution in [1.82, 2.24) is 4.98 Å². The third-order valence-corrected chi connectivity index (χ3v) is 3.40. The van der Waals surface area contributed by atoms with E-state index in [0.717, 1.165) is 33.5 Å². The molecule has 1 heterocycles. The van der Waals surface area contributed by atoms with Crippen molar-refractivity contribution in [3.63, 3.8) is 0 Å². The van der Waals surface area contributed by atoms with Gasteiger partial charge in [-0.3, -0.25) is 0 Å². The van der Waals surface area contributed by atoms with Gasteiger partial charge in [0, 0.05) is 22.4 Å². The number of aryl methyl sites for hydroxylation is 1. The molecule has 1 aromatic heterocycles. The summed E-state index contributed by atoms with van der Waals surface area (Å²) in [6.07, 6.45) is 0.932. The van der Waals surface area contributed by atoms with Crippen molar-refractivity contribution >= 4 is 35.6 Å². The quantitative estimate of drug-likeness (QED) is 0.820. The summed E-state index contributed by atoms with van der Waals surface area (Å²) in [5.41, 5.74) is 2.13. The lowest BCUT2D eigenvalue weighted by Gasteiger charge is -1.96. The molecule has 2 rings (SSSR count). The van der Waals surface area contributed by atoms with Gasteiger partial charge in [0.15, 0.2) is 0 Å². The molecular weight excluding hydrogens is 246 g/mol. The van der Waals surface area contributed by atoms with Crippen LogP contribution in [-0.4, -0.2) is 10.7 Å². The molecule has 1 nitrogen and oxygen atoms in total. The van der Waals surface area contributed by atoms with Gasteiger partial charge in [-0.05, 0) is 17.9 Å². The molecule has 0 amide bonds. The van der Waals surface area contributed by atoms with Crippen LogP contribution in [-0.2, 0) is 6.42 Å². The normalized spacial score (nSPS) is 10.5. The van der Waals surface area contributed by atoms with E-state index in [1.54, 1.807) is 11.3 Å². The summed E-state index contributed by atoms with van der Waals surface area (Å²) in [4.78, 5) is 4.53. The van der Waals surface area contributed by atoms with Gasteiger partial charge in [-0.2, -0.15) is 12.6 Å². The van der Waals surface area contributed by atoms with Crippen LogP contribution in [0.15, 0.2) is 29.6 Å². The van der Waals surface area contributed by atoms with E-state index in [2.05, 4.69) is 23.0 Å². The van der Waals surface area contributed by atoms with Gasteiger partial charge in [0.2, 0.25) is 0 Å². The molecule has 0 saturated heterocycles. The lowest BCUT2D eigenvalue weighted by molar-refractivity contribution is 1.11. The Balaban J connectivity index is 2.25. The molecule has 0 spiro atoms. The van der Waals surface area contributed by atoms with Crippen molar-refractivity contribution in [3.8, 4) is 11.3 Å². The summed E-state index contributed by atoms with van der Waals surface area (Å²) in [7, 11) is 0. The number of halogens is 1. The lowest BCUT2D eigenvalue weighted by Crippen LogP contribution is -1.84. The van der Waals surface area contributed by atoms with Gasteiger partial charge >= 0.3 is 0 Å². The molecule has 78 valence electrons. The molecule has 2 aromatic rings. The van der Waals surface area contributed by atoms with Crippen LogP contribution in [0.3, 0.4) is 0 Å². The van der Waals surface area contributed by atoms with Gasteiger partial charge in [-0.1, -0.05) is 23.7 Å². The van der Waals surface area contributed by atoms with E-state index in [1.165, 1.54) is 0 Å². The minimum absolute atomic E-state index is 0.754. The van der Waals surface area contributed by atoms with E-state index < -0.39 is 0 Å². The molecule has 4 heteroatoms. The van der Waals surface area contributed by atoms with Crippen LogP contribution < -0.4 is 0 Å². The SMILES string of the molecule is SCCc1nc(-c2ccc(Cl)cc2)cs1. The summed E-state index contributed by atoms with van der Waals surface area (Å²) >= 11 is 11.7. The molecule has 0 radical (unpaired) electrons. The number of hydrogen-bond acceptors (Lipinski definition) is 3. The van der Waals surface area contributed by atoms with Crippen LogP contribution >= 0.6 is 35.6 Å². The van der Waals surface area contributed by atoms with E-state index >= 15 is 0 Å². The van der Waals surface area contributed by atoms with E-state index in [9.17, 15) is 0 Å². The fourth-order valence-corrected chi connectivity index (χ4v) is 2.57. The second kappa shape index (κ2) is 5.01. The van der Waals surface area contributed by atoms with Crippen LogP contribution in [0.4, 0.5) is 0 Å². The number of nitrogens with zero attached hydrogens (tertiary/aromatic N) is 1. The predicted molar refractivity (Wildman–Crippen MR) is 70.1 cm³/mol. The maximum atomic E-state index is 5.83. The maximum absolute atomic E-state index is 5.83. The minimum Gasteiger partial charge on any atom is -0.241 e. The van der Waals surface area contributed by atoms with Gasteiger partial charge < -0.3 is 0 Å². The second-order valence-corrected chi connectivity index (χ2v) is 4.93. The third kappa shape index (κ3) is 2.74. The first kappa shape index (κ1) is 11.0. The van der Waals surface area contributed by atoms with Crippen LogP contribution in [0.5, 0.6) is 0 Å². The zero-order chi connectivity index (χ0) is 10.7. The highest BCUT2D eigenvalue weighted by atomic mass is 35.5. The number of hydrogen-bond donors (Lipinski definition) is 1. The highest BCUT2D eigenvalue weighted by Crippen LogP contribution is 2.23. The lowest BCUT2D eigenvalue weighted by atomic mass is 10.2. The Kier molecular flexibility index (Phi) is 3.67. The Morgan fingerprint density at radius 1 is 1.27 bits per heavy atom. The molecule has 0 bridgehead atoms. The van der Waals surface area contributed by atoms with E-state index in [0.29, 0.717) is 0 Å². The Morgan fingerprint density at radius 2 is 2.00 bits per heavy atom. The summed E-state index contributed by atoms with van der Waals surface area (Å²) in [5, 5.41) is 3.96. The van der Waals surface area contributed by atoms with Crippen LogP contribution in [0.2, 0.25) is 5.02 Å². The largest absolute Gasteiger partial charge is 0.241 e. The molecule has 0 N–H and O–H groups in total. The van der Waals surface area contributed by atoms with E-state index in [-0.39, 0.29) is 0 Å². The Hall–Kier alpha value is -0.510. The highest BCUT2D eigenvalue weighted by Gasteiger charge is 2.03. The van der Waals surface area contributed by atoms with Gasteiger partial charge in [-0.15, -0.1) is 11.3 Å². The first-order valence-corrected chi connectivity index (χ1v) is 6.50. The first-order chi connectivity index (χ1) is 7.29. The monoisotopic (exact) mass is 255 g/mol. The number of rotatable bonds is 3. The number of thiol groups is 1. The molecule has 0 fully saturated rings.